The summed E-state index contributed by atoms with van der Waals surface area (Å²) in [5, 5.41) is 1.84. The molecule has 0 unspecified atom stereocenters. The van der Waals surface area contributed by atoms with Crippen molar-refractivity contribution in [2.24, 2.45) is 0 Å². The van der Waals surface area contributed by atoms with Crippen LogP contribution >= 0.6 is 0 Å². The van der Waals surface area contributed by atoms with Crippen molar-refractivity contribution in [1.82, 2.24) is 0 Å². The molecule has 0 radical (unpaired) electrons. The minimum absolute atomic E-state index is 0.277. The van der Waals surface area contributed by atoms with E-state index < -0.39 is 0 Å². The van der Waals surface area contributed by atoms with Gasteiger partial charge < -0.3 is 8.83 Å². The largest absolute Gasteiger partial charge is 0.464 e. The lowest BCUT2D eigenvalue weighted by atomic mass is 10.0. The van der Waals surface area contributed by atoms with Gasteiger partial charge in [-0.05, 0) is 44.0 Å². The molecule has 0 aliphatic heterocycles. The molecule has 1 aromatic carbocycles. The van der Waals surface area contributed by atoms with E-state index in [4.69, 9.17) is 8.83 Å². The third kappa shape index (κ3) is 1.25. The molecular weight excluding hydrogens is 216 g/mol. The lowest BCUT2D eigenvalue weighted by Crippen LogP contribution is -2.05. The molecule has 3 heteroatoms. The van der Waals surface area contributed by atoms with Crippen molar-refractivity contribution < 1.29 is 8.83 Å². The van der Waals surface area contributed by atoms with Gasteiger partial charge in [-0.2, -0.15) is 0 Å². The van der Waals surface area contributed by atoms with Gasteiger partial charge in [0.15, 0.2) is 0 Å². The number of fused-ring (bicyclic) bond motifs is 3. The second-order valence-electron chi connectivity index (χ2n) is 4.37. The summed E-state index contributed by atoms with van der Waals surface area (Å²) >= 11 is 0. The summed E-state index contributed by atoms with van der Waals surface area (Å²) in [6.07, 6.45) is 1.62. The summed E-state index contributed by atoms with van der Waals surface area (Å²) in [6, 6.07) is 3.84. The molecule has 3 nitrogen and oxygen atoms in total. The van der Waals surface area contributed by atoms with Crippen LogP contribution in [-0.2, 0) is 0 Å². The molecule has 0 aliphatic carbocycles. The van der Waals surface area contributed by atoms with Gasteiger partial charge in [-0.15, -0.1) is 0 Å². The molecule has 17 heavy (non-hydrogen) atoms. The summed E-state index contributed by atoms with van der Waals surface area (Å²) in [6.45, 7) is 5.72. The summed E-state index contributed by atoms with van der Waals surface area (Å²) < 4.78 is 10.8. The first-order valence-corrected chi connectivity index (χ1v) is 5.50. The number of rotatable bonds is 0. The Bertz CT molecular complexity index is 790. The molecule has 0 N–H and O–H groups in total. The van der Waals surface area contributed by atoms with Gasteiger partial charge in [0.2, 0.25) is 0 Å². The number of aryl methyl sites for hydroxylation is 2. The van der Waals surface area contributed by atoms with Crippen LogP contribution in [0.4, 0.5) is 0 Å². The Labute approximate surface area is 97.7 Å². The topological polar surface area (TPSA) is 43.4 Å². The Hall–Kier alpha value is -2.03. The third-order valence-corrected chi connectivity index (χ3v) is 3.34. The molecular formula is C14H12O3. The zero-order chi connectivity index (χ0) is 12.2. The van der Waals surface area contributed by atoms with Gasteiger partial charge in [-0.3, -0.25) is 0 Å². The fourth-order valence-electron chi connectivity index (χ4n) is 2.20. The van der Waals surface area contributed by atoms with Crippen LogP contribution in [0.2, 0.25) is 0 Å². The molecule has 0 bridgehead atoms. The van der Waals surface area contributed by atoms with E-state index in [0.29, 0.717) is 11.1 Å². The lowest BCUT2D eigenvalue weighted by Gasteiger charge is -2.06. The van der Waals surface area contributed by atoms with Crippen LogP contribution in [0, 0.1) is 20.8 Å². The Morgan fingerprint density at radius 2 is 1.76 bits per heavy atom. The highest BCUT2D eigenvalue weighted by Crippen LogP contribution is 2.30. The van der Waals surface area contributed by atoms with Crippen LogP contribution < -0.4 is 5.63 Å². The van der Waals surface area contributed by atoms with Crippen molar-refractivity contribution in [3.63, 3.8) is 0 Å². The van der Waals surface area contributed by atoms with E-state index in [1.807, 2.05) is 26.0 Å². The van der Waals surface area contributed by atoms with Crippen molar-refractivity contribution >= 4 is 21.9 Å². The molecule has 0 atom stereocenters. The number of furan rings is 1. The van der Waals surface area contributed by atoms with Crippen molar-refractivity contribution in [3.05, 3.63) is 45.5 Å². The number of benzene rings is 1. The fraction of sp³-hybridized carbons (Fsp3) is 0.214. The molecule has 86 valence electrons. The standard InChI is InChI=1S/C14H12O3/c1-7-6-11-8(2)9(3)14(15)17-13(11)10-4-5-16-12(7)10/h4-6H,1-3H3. The molecule has 0 saturated carbocycles. The minimum Gasteiger partial charge on any atom is -0.464 e. The third-order valence-electron chi connectivity index (χ3n) is 3.34. The second kappa shape index (κ2) is 3.23. The Balaban J connectivity index is 2.69. The normalized spacial score (nSPS) is 11.5. The molecule has 0 saturated heterocycles. The van der Waals surface area contributed by atoms with Crippen molar-refractivity contribution in [1.29, 1.82) is 0 Å². The quantitative estimate of drug-likeness (QED) is 0.553. The van der Waals surface area contributed by atoms with E-state index in [1.165, 1.54) is 0 Å². The zero-order valence-electron chi connectivity index (χ0n) is 9.96. The van der Waals surface area contributed by atoms with E-state index in [2.05, 4.69) is 0 Å². The number of hydrogen-bond acceptors (Lipinski definition) is 3. The van der Waals surface area contributed by atoms with Crippen molar-refractivity contribution in [2.75, 3.05) is 0 Å². The fourth-order valence-corrected chi connectivity index (χ4v) is 2.20. The van der Waals surface area contributed by atoms with Gasteiger partial charge in [-0.25, -0.2) is 4.79 Å². The van der Waals surface area contributed by atoms with Gasteiger partial charge in [0, 0.05) is 10.9 Å². The van der Waals surface area contributed by atoms with Crippen LogP contribution in [0.3, 0.4) is 0 Å². The van der Waals surface area contributed by atoms with Crippen molar-refractivity contribution in [3.8, 4) is 0 Å². The first-order valence-electron chi connectivity index (χ1n) is 5.50. The average molecular weight is 228 g/mol. The summed E-state index contributed by atoms with van der Waals surface area (Å²) in [5.41, 5.74) is 3.81. The molecule has 3 aromatic rings. The summed E-state index contributed by atoms with van der Waals surface area (Å²) in [7, 11) is 0. The SMILES string of the molecule is Cc1c(C)c2cc(C)c3occc3c2oc1=O. The van der Waals surface area contributed by atoms with E-state index >= 15 is 0 Å². The molecule has 3 rings (SSSR count). The highest BCUT2D eigenvalue weighted by atomic mass is 16.4. The van der Waals surface area contributed by atoms with E-state index in [9.17, 15) is 4.79 Å². The van der Waals surface area contributed by atoms with E-state index in [-0.39, 0.29) is 5.63 Å². The first-order chi connectivity index (χ1) is 8.09. The molecule has 0 amide bonds. The van der Waals surface area contributed by atoms with E-state index in [0.717, 1.165) is 27.5 Å². The average Bonchev–Trinajstić information content (AvgIpc) is 2.78. The Morgan fingerprint density at radius 1 is 1.00 bits per heavy atom. The Morgan fingerprint density at radius 3 is 2.53 bits per heavy atom. The zero-order valence-corrected chi connectivity index (χ0v) is 9.96. The van der Waals surface area contributed by atoms with Gasteiger partial charge in [0.05, 0.1) is 11.6 Å². The van der Waals surface area contributed by atoms with Crippen LogP contribution in [0.5, 0.6) is 0 Å². The van der Waals surface area contributed by atoms with Gasteiger partial charge in [0.25, 0.3) is 0 Å². The van der Waals surface area contributed by atoms with Crippen molar-refractivity contribution in [2.45, 2.75) is 20.8 Å². The monoisotopic (exact) mass is 228 g/mol. The lowest BCUT2D eigenvalue weighted by molar-refractivity contribution is 0.556. The smallest absolute Gasteiger partial charge is 0.339 e. The maximum atomic E-state index is 11.7. The second-order valence-corrected chi connectivity index (χ2v) is 4.37. The highest BCUT2D eigenvalue weighted by molar-refractivity contribution is 6.04. The predicted octanol–water partition coefficient (Wildman–Crippen LogP) is 3.46. The number of hydrogen-bond donors (Lipinski definition) is 0. The van der Waals surface area contributed by atoms with Gasteiger partial charge in [0.1, 0.15) is 11.2 Å². The van der Waals surface area contributed by atoms with Crippen LogP contribution in [-0.4, -0.2) is 0 Å². The van der Waals surface area contributed by atoms with Crippen LogP contribution in [0.25, 0.3) is 21.9 Å². The molecule has 2 heterocycles. The molecule has 0 aliphatic rings. The first kappa shape index (κ1) is 10.1. The van der Waals surface area contributed by atoms with Crippen LogP contribution in [0.15, 0.2) is 32.0 Å². The van der Waals surface area contributed by atoms with Gasteiger partial charge >= 0.3 is 5.63 Å². The summed E-state index contributed by atoms with van der Waals surface area (Å²) in [4.78, 5) is 11.7. The maximum absolute atomic E-state index is 11.7. The molecule has 0 fully saturated rings. The van der Waals surface area contributed by atoms with Crippen LogP contribution in [0.1, 0.15) is 16.7 Å². The predicted molar refractivity (Wildman–Crippen MR) is 66.5 cm³/mol. The highest BCUT2D eigenvalue weighted by Gasteiger charge is 2.13. The van der Waals surface area contributed by atoms with Gasteiger partial charge in [-0.1, -0.05) is 0 Å². The maximum Gasteiger partial charge on any atom is 0.339 e. The van der Waals surface area contributed by atoms with E-state index in [1.54, 1.807) is 13.2 Å². The molecule has 0 spiro atoms. The minimum atomic E-state index is -0.277. The summed E-state index contributed by atoms with van der Waals surface area (Å²) in [5.74, 6) is 0. The molecule has 2 aromatic heterocycles. The Kier molecular flexibility index (Phi) is 1.93.